The minimum absolute atomic E-state index is 0.0535. The highest BCUT2D eigenvalue weighted by atomic mass is 127. The molecule has 0 saturated carbocycles. The second-order valence-electron chi connectivity index (χ2n) is 8.76. The van der Waals surface area contributed by atoms with Gasteiger partial charge in [0.15, 0.2) is 18.1 Å². The van der Waals surface area contributed by atoms with Gasteiger partial charge in [0.2, 0.25) is 5.88 Å². The van der Waals surface area contributed by atoms with Gasteiger partial charge in [0.25, 0.3) is 5.91 Å². The fourth-order valence-corrected chi connectivity index (χ4v) is 5.26. The summed E-state index contributed by atoms with van der Waals surface area (Å²) in [5.41, 5.74) is 5.61. The van der Waals surface area contributed by atoms with Crippen LogP contribution in [-0.2, 0) is 22.7 Å². The van der Waals surface area contributed by atoms with Crippen LogP contribution in [0.4, 0.5) is 0 Å². The van der Waals surface area contributed by atoms with Crippen molar-refractivity contribution in [1.29, 1.82) is 5.26 Å². The van der Waals surface area contributed by atoms with E-state index in [1.807, 2.05) is 30.3 Å². The molecule has 9 nitrogen and oxygen atoms in total. The molecule has 1 amide bonds. The number of nitrogens with one attached hydrogen (secondary N) is 1. The van der Waals surface area contributed by atoms with E-state index in [-0.39, 0.29) is 24.7 Å². The van der Waals surface area contributed by atoms with Crippen molar-refractivity contribution in [3.8, 4) is 23.4 Å². The van der Waals surface area contributed by atoms with Crippen LogP contribution < -0.4 is 19.6 Å². The van der Waals surface area contributed by atoms with Gasteiger partial charge in [-0.05, 0) is 79.5 Å². The molecule has 210 valence electrons. The van der Waals surface area contributed by atoms with Crippen molar-refractivity contribution in [1.82, 2.24) is 10.4 Å². The highest BCUT2D eigenvalue weighted by Gasteiger charge is 2.18. The molecular weight excluding hydrogens is 703 g/mol. The van der Waals surface area contributed by atoms with E-state index in [4.69, 9.17) is 18.9 Å². The van der Waals surface area contributed by atoms with Gasteiger partial charge >= 0.3 is 0 Å². The SMILES string of the molecule is COCc1c(Br)c(C)nc(OCC(=O)N/N=C/c2cc(I)c(OCc3cccc4ccccc34)c(OC)c2)c1C#N. The van der Waals surface area contributed by atoms with Crippen LogP contribution in [0.25, 0.3) is 10.8 Å². The Labute approximate surface area is 259 Å². The summed E-state index contributed by atoms with van der Waals surface area (Å²) in [6.45, 7) is 1.95. The fourth-order valence-electron chi connectivity index (χ4n) is 4.08. The largest absolute Gasteiger partial charge is 0.493 e. The second kappa shape index (κ2) is 14.2. The van der Waals surface area contributed by atoms with Crippen molar-refractivity contribution in [2.75, 3.05) is 20.8 Å². The van der Waals surface area contributed by atoms with E-state index < -0.39 is 5.91 Å². The van der Waals surface area contributed by atoms with Crippen LogP contribution >= 0.6 is 38.5 Å². The van der Waals surface area contributed by atoms with Crippen LogP contribution in [-0.4, -0.2) is 37.9 Å². The maximum Gasteiger partial charge on any atom is 0.278 e. The maximum absolute atomic E-state index is 12.4. The number of amides is 1. The van der Waals surface area contributed by atoms with Gasteiger partial charge in [0, 0.05) is 17.1 Å². The van der Waals surface area contributed by atoms with E-state index in [0.717, 1.165) is 19.9 Å². The highest BCUT2D eigenvalue weighted by molar-refractivity contribution is 14.1. The number of hydrogen-bond acceptors (Lipinski definition) is 8. The number of aromatic nitrogens is 1. The van der Waals surface area contributed by atoms with E-state index in [2.05, 4.69) is 78.3 Å². The van der Waals surface area contributed by atoms with E-state index in [1.165, 1.54) is 13.3 Å². The van der Waals surface area contributed by atoms with E-state index in [1.54, 1.807) is 20.1 Å². The molecule has 0 bridgehead atoms. The van der Waals surface area contributed by atoms with Gasteiger partial charge in [-0.25, -0.2) is 10.4 Å². The Morgan fingerprint density at radius 2 is 1.93 bits per heavy atom. The molecular formula is C30H26BrIN4O5. The summed E-state index contributed by atoms with van der Waals surface area (Å²) in [6, 6.07) is 20.0. The number of pyridine rings is 1. The number of halogens is 2. The fraction of sp³-hybridized carbons (Fsp3) is 0.200. The smallest absolute Gasteiger partial charge is 0.278 e. The lowest BCUT2D eigenvalue weighted by atomic mass is 10.1. The van der Waals surface area contributed by atoms with Gasteiger partial charge in [0.1, 0.15) is 18.2 Å². The predicted octanol–water partition coefficient (Wildman–Crippen LogP) is 6.05. The molecule has 4 aromatic rings. The number of methoxy groups -OCH3 is 2. The van der Waals surface area contributed by atoms with Crippen molar-refractivity contribution in [3.63, 3.8) is 0 Å². The van der Waals surface area contributed by atoms with Crippen molar-refractivity contribution in [3.05, 3.63) is 90.6 Å². The molecule has 0 aliphatic rings. The standard InChI is InChI=1S/C30H26BrIN4O5/c1-18-28(31)24(16-38-2)23(13-33)30(35-18)41-17-27(37)36-34-14-19-11-25(32)29(26(12-19)39-3)40-15-21-9-6-8-20-7-4-5-10-22(20)21/h4-12,14H,15-17H2,1-3H3,(H,36,37)/b34-14+. The quantitative estimate of drug-likeness (QED) is 0.114. The Balaban J connectivity index is 1.40. The van der Waals surface area contributed by atoms with Crippen LogP contribution in [0.5, 0.6) is 17.4 Å². The zero-order valence-corrected chi connectivity index (χ0v) is 26.3. The van der Waals surface area contributed by atoms with Gasteiger partial charge in [0.05, 0.1) is 29.2 Å². The van der Waals surface area contributed by atoms with Crippen molar-refractivity contribution in [2.45, 2.75) is 20.1 Å². The number of nitrogens with zero attached hydrogens (tertiary/aromatic N) is 3. The van der Waals surface area contributed by atoms with Crippen LogP contribution in [0, 0.1) is 21.8 Å². The van der Waals surface area contributed by atoms with Gasteiger partial charge < -0.3 is 18.9 Å². The molecule has 1 aromatic heterocycles. The molecule has 0 radical (unpaired) electrons. The molecule has 3 aromatic carbocycles. The number of fused-ring (bicyclic) bond motifs is 1. The van der Waals surface area contributed by atoms with Gasteiger partial charge in [-0.2, -0.15) is 10.4 Å². The van der Waals surface area contributed by atoms with E-state index in [0.29, 0.717) is 39.4 Å². The van der Waals surface area contributed by atoms with Crippen molar-refractivity contribution in [2.24, 2.45) is 5.10 Å². The second-order valence-corrected chi connectivity index (χ2v) is 10.7. The third-order valence-electron chi connectivity index (χ3n) is 6.01. The number of hydrazone groups is 1. The number of carbonyl (C=O) groups excluding carboxylic acids is 1. The monoisotopic (exact) mass is 728 g/mol. The molecule has 41 heavy (non-hydrogen) atoms. The zero-order chi connectivity index (χ0) is 29.4. The first-order valence-electron chi connectivity index (χ1n) is 12.4. The molecule has 1 N–H and O–H groups in total. The van der Waals surface area contributed by atoms with E-state index in [9.17, 15) is 10.1 Å². The molecule has 0 aliphatic heterocycles. The van der Waals surface area contributed by atoms with Crippen LogP contribution in [0.3, 0.4) is 0 Å². The number of nitriles is 1. The summed E-state index contributed by atoms with van der Waals surface area (Å²) in [7, 11) is 3.10. The van der Waals surface area contributed by atoms with E-state index >= 15 is 0 Å². The molecule has 0 unspecified atom stereocenters. The Hall–Kier alpha value is -3.73. The topological polar surface area (TPSA) is 115 Å². The normalized spacial score (nSPS) is 10.9. The summed E-state index contributed by atoms with van der Waals surface area (Å²) in [5.74, 6) is 0.699. The lowest BCUT2D eigenvalue weighted by molar-refractivity contribution is -0.123. The summed E-state index contributed by atoms with van der Waals surface area (Å²) in [6.07, 6.45) is 1.50. The lowest BCUT2D eigenvalue weighted by Crippen LogP contribution is -2.25. The third kappa shape index (κ3) is 7.32. The Morgan fingerprint density at radius 3 is 2.68 bits per heavy atom. The maximum atomic E-state index is 12.4. The van der Waals surface area contributed by atoms with Crippen molar-refractivity contribution >= 4 is 61.4 Å². The lowest BCUT2D eigenvalue weighted by Gasteiger charge is -2.14. The minimum atomic E-state index is -0.516. The number of ether oxygens (including phenoxy) is 4. The molecule has 0 fully saturated rings. The molecule has 4 rings (SSSR count). The Kier molecular flexibility index (Phi) is 10.5. The molecule has 1 heterocycles. The zero-order valence-electron chi connectivity index (χ0n) is 22.5. The first kappa shape index (κ1) is 30.2. The summed E-state index contributed by atoms with van der Waals surface area (Å²) in [5, 5.41) is 15.9. The molecule has 0 atom stereocenters. The molecule has 0 spiro atoms. The van der Waals surface area contributed by atoms with Gasteiger partial charge in [-0.3, -0.25) is 4.79 Å². The number of rotatable bonds is 11. The first-order valence-corrected chi connectivity index (χ1v) is 14.2. The number of benzene rings is 3. The third-order valence-corrected chi connectivity index (χ3v) is 7.87. The molecule has 0 aliphatic carbocycles. The number of aryl methyl sites for hydroxylation is 1. The van der Waals surface area contributed by atoms with Crippen molar-refractivity contribution < 1.29 is 23.7 Å². The Bertz CT molecular complexity index is 1650. The summed E-state index contributed by atoms with van der Waals surface area (Å²) < 4.78 is 24.0. The molecule has 0 saturated heterocycles. The summed E-state index contributed by atoms with van der Waals surface area (Å²) in [4.78, 5) is 16.7. The average Bonchev–Trinajstić information content (AvgIpc) is 2.97. The average molecular weight is 729 g/mol. The number of carbonyl (C=O) groups is 1. The van der Waals surface area contributed by atoms with Gasteiger partial charge in [-0.15, -0.1) is 0 Å². The van der Waals surface area contributed by atoms with Crippen LogP contribution in [0.15, 0.2) is 64.2 Å². The van der Waals surface area contributed by atoms with Gasteiger partial charge in [-0.1, -0.05) is 42.5 Å². The predicted molar refractivity (Wildman–Crippen MR) is 167 cm³/mol. The summed E-state index contributed by atoms with van der Waals surface area (Å²) >= 11 is 5.61. The molecule has 11 heteroatoms. The minimum Gasteiger partial charge on any atom is -0.493 e. The first-order chi connectivity index (χ1) is 19.9. The highest BCUT2D eigenvalue weighted by Crippen LogP contribution is 2.35. The van der Waals surface area contributed by atoms with Crippen LogP contribution in [0.2, 0.25) is 0 Å². The van der Waals surface area contributed by atoms with Crippen LogP contribution in [0.1, 0.15) is 27.9 Å². The number of hydrogen-bond donors (Lipinski definition) is 1. The Morgan fingerprint density at radius 1 is 1.15 bits per heavy atom.